The number of rotatable bonds is 6. The molecule has 2 rings (SSSR count). The first-order chi connectivity index (χ1) is 9.69. The van der Waals surface area contributed by atoms with Crippen molar-refractivity contribution in [2.24, 2.45) is 0 Å². The standard InChI is InChI=1S/C16H19NO3/c1-12(10-19-2)17-16(18)11-20-15-8-7-13-5-3-4-6-14(13)9-15/h3-9,12H,10-11H2,1-2H3,(H,17,18). The van der Waals surface area contributed by atoms with E-state index in [4.69, 9.17) is 9.47 Å². The number of amides is 1. The van der Waals surface area contributed by atoms with Gasteiger partial charge in [0.05, 0.1) is 6.61 Å². The fourth-order valence-electron chi connectivity index (χ4n) is 2.01. The second-order valence-corrected chi connectivity index (χ2v) is 4.72. The monoisotopic (exact) mass is 273 g/mol. The van der Waals surface area contributed by atoms with Gasteiger partial charge in [0.1, 0.15) is 5.75 Å². The molecule has 0 aliphatic heterocycles. The van der Waals surface area contributed by atoms with Gasteiger partial charge in [-0.25, -0.2) is 0 Å². The number of carbonyl (C=O) groups is 1. The Labute approximate surface area is 118 Å². The third kappa shape index (κ3) is 3.96. The lowest BCUT2D eigenvalue weighted by Crippen LogP contribution is -2.38. The Morgan fingerprint density at radius 1 is 1.20 bits per heavy atom. The minimum absolute atomic E-state index is 0.00634. The van der Waals surface area contributed by atoms with Crippen LogP contribution in [0.4, 0.5) is 0 Å². The van der Waals surface area contributed by atoms with Crippen LogP contribution in [0.5, 0.6) is 5.75 Å². The Kier molecular flexibility index (Phi) is 4.96. The van der Waals surface area contributed by atoms with Crippen molar-refractivity contribution in [1.29, 1.82) is 0 Å². The van der Waals surface area contributed by atoms with E-state index >= 15 is 0 Å². The highest BCUT2D eigenvalue weighted by Gasteiger charge is 2.07. The number of benzene rings is 2. The van der Waals surface area contributed by atoms with Gasteiger partial charge in [0.25, 0.3) is 5.91 Å². The summed E-state index contributed by atoms with van der Waals surface area (Å²) in [5.74, 6) is 0.543. The molecule has 0 bridgehead atoms. The predicted octanol–water partition coefficient (Wildman–Crippen LogP) is 2.37. The van der Waals surface area contributed by atoms with Crippen LogP contribution < -0.4 is 10.1 Å². The zero-order chi connectivity index (χ0) is 14.4. The smallest absolute Gasteiger partial charge is 0.258 e. The number of nitrogens with one attached hydrogen (secondary N) is 1. The molecule has 0 aromatic heterocycles. The highest BCUT2D eigenvalue weighted by Crippen LogP contribution is 2.20. The molecular formula is C16H19NO3. The van der Waals surface area contributed by atoms with E-state index < -0.39 is 0 Å². The summed E-state index contributed by atoms with van der Waals surface area (Å²) in [6.07, 6.45) is 0. The van der Waals surface area contributed by atoms with Crippen LogP contribution in [0.25, 0.3) is 10.8 Å². The van der Waals surface area contributed by atoms with Crippen LogP contribution in [-0.2, 0) is 9.53 Å². The quantitative estimate of drug-likeness (QED) is 0.879. The van der Waals surface area contributed by atoms with Gasteiger partial charge in [-0.05, 0) is 29.8 Å². The Hall–Kier alpha value is -2.07. The number of methoxy groups -OCH3 is 1. The zero-order valence-corrected chi connectivity index (χ0v) is 11.8. The highest BCUT2D eigenvalue weighted by atomic mass is 16.5. The van der Waals surface area contributed by atoms with E-state index in [9.17, 15) is 4.79 Å². The summed E-state index contributed by atoms with van der Waals surface area (Å²) >= 11 is 0. The van der Waals surface area contributed by atoms with Crippen molar-refractivity contribution in [1.82, 2.24) is 5.32 Å². The summed E-state index contributed by atoms with van der Waals surface area (Å²) in [5, 5.41) is 5.05. The minimum atomic E-state index is -0.150. The molecule has 4 heteroatoms. The molecule has 106 valence electrons. The minimum Gasteiger partial charge on any atom is -0.484 e. The molecule has 4 nitrogen and oxygen atoms in total. The second-order valence-electron chi connectivity index (χ2n) is 4.72. The Morgan fingerprint density at radius 3 is 2.70 bits per heavy atom. The van der Waals surface area contributed by atoms with Crippen molar-refractivity contribution in [3.8, 4) is 5.75 Å². The summed E-state index contributed by atoms with van der Waals surface area (Å²) in [6.45, 7) is 2.38. The SMILES string of the molecule is COCC(C)NC(=O)COc1ccc2ccccc2c1. The fraction of sp³-hybridized carbons (Fsp3) is 0.312. The van der Waals surface area contributed by atoms with Gasteiger partial charge in [-0.15, -0.1) is 0 Å². The normalized spacial score (nSPS) is 12.1. The molecule has 1 N–H and O–H groups in total. The van der Waals surface area contributed by atoms with Crippen molar-refractivity contribution < 1.29 is 14.3 Å². The summed E-state index contributed by atoms with van der Waals surface area (Å²) in [4.78, 5) is 11.7. The molecule has 0 aliphatic rings. The summed E-state index contributed by atoms with van der Waals surface area (Å²) < 4.78 is 10.5. The molecule has 0 spiro atoms. The molecule has 0 saturated carbocycles. The van der Waals surface area contributed by atoms with Crippen molar-refractivity contribution in [2.45, 2.75) is 13.0 Å². The topological polar surface area (TPSA) is 47.6 Å². The molecule has 0 saturated heterocycles. The zero-order valence-electron chi connectivity index (χ0n) is 11.8. The van der Waals surface area contributed by atoms with E-state index in [1.807, 2.05) is 49.4 Å². The van der Waals surface area contributed by atoms with E-state index in [2.05, 4.69) is 5.32 Å². The Morgan fingerprint density at radius 2 is 1.95 bits per heavy atom. The Balaban J connectivity index is 1.90. The largest absolute Gasteiger partial charge is 0.484 e. The lowest BCUT2D eigenvalue weighted by Gasteiger charge is -2.13. The van der Waals surface area contributed by atoms with E-state index in [1.165, 1.54) is 0 Å². The third-order valence-electron chi connectivity index (χ3n) is 2.91. The van der Waals surface area contributed by atoms with Crippen molar-refractivity contribution in [2.75, 3.05) is 20.3 Å². The molecule has 0 radical (unpaired) electrons. The molecular weight excluding hydrogens is 254 g/mol. The van der Waals surface area contributed by atoms with Crippen LogP contribution in [0.2, 0.25) is 0 Å². The average Bonchev–Trinajstić information content (AvgIpc) is 2.45. The van der Waals surface area contributed by atoms with Crippen LogP contribution in [0.3, 0.4) is 0 Å². The van der Waals surface area contributed by atoms with Gasteiger partial charge in [0.2, 0.25) is 0 Å². The van der Waals surface area contributed by atoms with Crippen LogP contribution in [0.1, 0.15) is 6.92 Å². The van der Waals surface area contributed by atoms with E-state index in [-0.39, 0.29) is 18.6 Å². The number of fused-ring (bicyclic) bond motifs is 1. The van der Waals surface area contributed by atoms with E-state index in [1.54, 1.807) is 7.11 Å². The number of carbonyl (C=O) groups excluding carboxylic acids is 1. The molecule has 0 fully saturated rings. The number of hydrogen-bond acceptors (Lipinski definition) is 3. The van der Waals surface area contributed by atoms with Crippen molar-refractivity contribution in [3.05, 3.63) is 42.5 Å². The summed E-state index contributed by atoms with van der Waals surface area (Å²) in [6, 6.07) is 13.8. The molecule has 1 atom stereocenters. The van der Waals surface area contributed by atoms with Crippen LogP contribution >= 0.6 is 0 Å². The first kappa shape index (κ1) is 14.3. The fourth-order valence-corrected chi connectivity index (χ4v) is 2.01. The second kappa shape index (κ2) is 6.91. The molecule has 2 aromatic rings. The average molecular weight is 273 g/mol. The van der Waals surface area contributed by atoms with Gasteiger partial charge in [-0.3, -0.25) is 4.79 Å². The number of hydrogen-bond donors (Lipinski definition) is 1. The van der Waals surface area contributed by atoms with Gasteiger partial charge in [-0.2, -0.15) is 0 Å². The van der Waals surface area contributed by atoms with Gasteiger partial charge in [-0.1, -0.05) is 30.3 Å². The molecule has 0 aliphatic carbocycles. The molecule has 2 aromatic carbocycles. The highest BCUT2D eigenvalue weighted by molar-refractivity contribution is 5.84. The van der Waals surface area contributed by atoms with Crippen LogP contribution in [0, 0.1) is 0 Å². The van der Waals surface area contributed by atoms with Gasteiger partial charge in [0, 0.05) is 13.2 Å². The lowest BCUT2D eigenvalue weighted by atomic mass is 10.1. The Bertz CT molecular complexity index is 583. The summed E-state index contributed by atoms with van der Waals surface area (Å²) in [5.41, 5.74) is 0. The van der Waals surface area contributed by atoms with Gasteiger partial charge < -0.3 is 14.8 Å². The maximum Gasteiger partial charge on any atom is 0.258 e. The van der Waals surface area contributed by atoms with Gasteiger partial charge in [0.15, 0.2) is 6.61 Å². The lowest BCUT2D eigenvalue weighted by molar-refractivity contribution is -0.124. The van der Waals surface area contributed by atoms with Gasteiger partial charge >= 0.3 is 0 Å². The maximum atomic E-state index is 11.7. The summed E-state index contributed by atoms with van der Waals surface area (Å²) in [7, 11) is 1.61. The number of ether oxygens (including phenoxy) is 2. The van der Waals surface area contributed by atoms with Crippen LogP contribution in [0.15, 0.2) is 42.5 Å². The predicted molar refractivity (Wildman–Crippen MR) is 78.9 cm³/mol. The van der Waals surface area contributed by atoms with Crippen molar-refractivity contribution >= 4 is 16.7 Å². The first-order valence-electron chi connectivity index (χ1n) is 6.59. The maximum absolute atomic E-state index is 11.7. The first-order valence-corrected chi connectivity index (χ1v) is 6.59. The van der Waals surface area contributed by atoms with E-state index in [0.717, 1.165) is 10.8 Å². The molecule has 1 unspecified atom stereocenters. The molecule has 0 heterocycles. The van der Waals surface area contributed by atoms with Crippen molar-refractivity contribution in [3.63, 3.8) is 0 Å². The third-order valence-corrected chi connectivity index (χ3v) is 2.91. The molecule has 20 heavy (non-hydrogen) atoms. The van der Waals surface area contributed by atoms with Crippen LogP contribution in [-0.4, -0.2) is 32.3 Å². The van der Waals surface area contributed by atoms with E-state index in [0.29, 0.717) is 12.4 Å². The molecule has 1 amide bonds.